The Bertz CT molecular complexity index is 1090. The number of aryl methyl sites for hydroxylation is 3. The van der Waals surface area contributed by atoms with E-state index in [0.29, 0.717) is 11.5 Å². The lowest BCUT2D eigenvalue weighted by Gasteiger charge is -2.31. The molecule has 1 fully saturated rings. The fraction of sp³-hybridized carbons (Fsp3) is 0.462. The molecule has 1 saturated carbocycles. The molecular weight excluding hydrogens is 402 g/mol. The number of rotatable bonds is 7. The first-order chi connectivity index (χ1) is 15.3. The summed E-state index contributed by atoms with van der Waals surface area (Å²) in [4.78, 5) is 11.2. The van der Waals surface area contributed by atoms with Gasteiger partial charge in [-0.25, -0.2) is 4.79 Å². The molecule has 6 heteroatoms. The van der Waals surface area contributed by atoms with Gasteiger partial charge in [-0.05, 0) is 69.9 Å². The van der Waals surface area contributed by atoms with Gasteiger partial charge in [0.15, 0.2) is 0 Å². The lowest BCUT2D eigenvalue weighted by atomic mass is 9.81. The highest BCUT2D eigenvalue weighted by molar-refractivity contribution is 5.88. The van der Waals surface area contributed by atoms with E-state index in [1.54, 1.807) is 12.1 Å². The zero-order valence-corrected chi connectivity index (χ0v) is 19.4. The Labute approximate surface area is 189 Å². The van der Waals surface area contributed by atoms with Gasteiger partial charge >= 0.3 is 5.97 Å². The second-order valence-corrected chi connectivity index (χ2v) is 9.08. The first-order valence-electron chi connectivity index (χ1n) is 11.5. The standard InChI is InChI=1S/C26H33N3O3/c1-16-23(17(2)29(4)28-16)14-22-15-24(18(3)32-22)25(19-8-6-5-7-9-19)27-21-12-10-20(11-13-21)26(30)31/h10-13,15,19,25,27H,5-9,14H2,1-4H3,(H,30,31). The maximum absolute atomic E-state index is 11.2. The van der Waals surface area contributed by atoms with Crippen LogP contribution in [0.2, 0.25) is 0 Å². The number of hydrogen-bond donors (Lipinski definition) is 2. The Hall–Kier alpha value is -3.02. The molecule has 1 aliphatic carbocycles. The summed E-state index contributed by atoms with van der Waals surface area (Å²) < 4.78 is 8.17. The summed E-state index contributed by atoms with van der Waals surface area (Å²) in [6, 6.07) is 9.38. The SMILES string of the molecule is Cc1nn(C)c(C)c1Cc1cc(C(Nc2ccc(C(=O)O)cc2)C2CCCCC2)c(C)o1. The number of nitrogens with zero attached hydrogens (tertiary/aromatic N) is 2. The van der Waals surface area contributed by atoms with E-state index >= 15 is 0 Å². The Kier molecular flexibility index (Phi) is 6.40. The van der Waals surface area contributed by atoms with E-state index in [9.17, 15) is 9.90 Å². The number of aromatic nitrogens is 2. The lowest BCUT2D eigenvalue weighted by Crippen LogP contribution is -2.23. The Morgan fingerprint density at radius 3 is 2.47 bits per heavy atom. The largest absolute Gasteiger partial charge is 0.478 e. The van der Waals surface area contributed by atoms with Crippen molar-refractivity contribution in [1.29, 1.82) is 0 Å². The van der Waals surface area contributed by atoms with Crippen LogP contribution in [0.3, 0.4) is 0 Å². The molecule has 2 N–H and O–H groups in total. The van der Waals surface area contributed by atoms with Gasteiger partial charge < -0.3 is 14.8 Å². The molecule has 1 atom stereocenters. The fourth-order valence-electron chi connectivity index (χ4n) is 5.01. The summed E-state index contributed by atoms with van der Waals surface area (Å²) in [5.74, 6) is 1.52. The molecule has 0 spiro atoms. The number of furan rings is 1. The highest BCUT2D eigenvalue weighted by Gasteiger charge is 2.28. The normalized spacial score (nSPS) is 15.6. The minimum Gasteiger partial charge on any atom is -0.478 e. The fourth-order valence-corrected chi connectivity index (χ4v) is 5.01. The van der Waals surface area contributed by atoms with Gasteiger partial charge in [-0.2, -0.15) is 5.10 Å². The summed E-state index contributed by atoms with van der Waals surface area (Å²) in [6.07, 6.45) is 6.90. The first kappa shape index (κ1) is 22.2. The topological polar surface area (TPSA) is 80.3 Å². The van der Waals surface area contributed by atoms with E-state index in [1.165, 1.54) is 48.9 Å². The van der Waals surface area contributed by atoms with Crippen molar-refractivity contribution in [1.82, 2.24) is 9.78 Å². The second kappa shape index (κ2) is 9.23. The Morgan fingerprint density at radius 2 is 1.88 bits per heavy atom. The van der Waals surface area contributed by atoms with E-state index in [1.807, 2.05) is 37.7 Å². The van der Waals surface area contributed by atoms with E-state index in [0.717, 1.165) is 29.3 Å². The number of carboxylic acid groups (broad SMARTS) is 1. The molecule has 0 radical (unpaired) electrons. The quantitative estimate of drug-likeness (QED) is 0.478. The van der Waals surface area contributed by atoms with Crippen LogP contribution in [-0.4, -0.2) is 20.9 Å². The number of hydrogen-bond acceptors (Lipinski definition) is 4. The smallest absolute Gasteiger partial charge is 0.335 e. The van der Waals surface area contributed by atoms with E-state index < -0.39 is 5.97 Å². The minimum absolute atomic E-state index is 0.138. The molecule has 1 aromatic carbocycles. The van der Waals surface area contributed by atoms with Crippen LogP contribution in [0.1, 0.15) is 82.5 Å². The van der Waals surface area contributed by atoms with Crippen LogP contribution >= 0.6 is 0 Å². The molecular formula is C26H33N3O3. The van der Waals surface area contributed by atoms with Gasteiger partial charge in [0, 0.05) is 36.0 Å². The average Bonchev–Trinajstić information content (AvgIpc) is 3.26. The zero-order valence-electron chi connectivity index (χ0n) is 19.4. The number of carboxylic acids is 1. The predicted octanol–water partition coefficient (Wildman–Crippen LogP) is 5.96. The predicted molar refractivity (Wildman–Crippen MR) is 125 cm³/mol. The molecule has 0 saturated heterocycles. The Morgan fingerprint density at radius 1 is 1.19 bits per heavy atom. The van der Waals surface area contributed by atoms with Crippen molar-refractivity contribution in [3.05, 3.63) is 69.9 Å². The van der Waals surface area contributed by atoms with Gasteiger partial charge in [0.2, 0.25) is 0 Å². The average molecular weight is 436 g/mol. The summed E-state index contributed by atoms with van der Waals surface area (Å²) in [5, 5.41) is 17.4. The third kappa shape index (κ3) is 4.59. The molecule has 2 heterocycles. The molecule has 2 aromatic heterocycles. The van der Waals surface area contributed by atoms with Crippen LogP contribution in [0.25, 0.3) is 0 Å². The monoisotopic (exact) mass is 435 g/mol. The van der Waals surface area contributed by atoms with Crippen molar-refractivity contribution in [3.63, 3.8) is 0 Å². The molecule has 3 aromatic rings. The van der Waals surface area contributed by atoms with E-state index in [-0.39, 0.29) is 6.04 Å². The summed E-state index contributed by atoms with van der Waals surface area (Å²) in [5.41, 5.74) is 5.87. The second-order valence-electron chi connectivity index (χ2n) is 9.08. The van der Waals surface area contributed by atoms with E-state index in [2.05, 4.69) is 23.4 Å². The maximum atomic E-state index is 11.2. The molecule has 6 nitrogen and oxygen atoms in total. The van der Waals surface area contributed by atoms with Crippen LogP contribution in [0.15, 0.2) is 34.7 Å². The van der Waals surface area contributed by atoms with Crippen LogP contribution in [-0.2, 0) is 13.5 Å². The van der Waals surface area contributed by atoms with Crippen molar-refractivity contribution in [2.75, 3.05) is 5.32 Å². The summed E-state index contributed by atoms with van der Waals surface area (Å²) >= 11 is 0. The van der Waals surface area contributed by atoms with Crippen LogP contribution < -0.4 is 5.32 Å². The van der Waals surface area contributed by atoms with Gasteiger partial charge in [-0.1, -0.05) is 19.3 Å². The molecule has 0 amide bonds. The number of aromatic carboxylic acids is 1. The van der Waals surface area contributed by atoms with E-state index in [4.69, 9.17) is 4.42 Å². The number of anilines is 1. The lowest BCUT2D eigenvalue weighted by molar-refractivity contribution is 0.0697. The molecule has 4 rings (SSSR count). The zero-order chi connectivity index (χ0) is 22.8. The van der Waals surface area contributed by atoms with Gasteiger partial charge in [0.1, 0.15) is 11.5 Å². The molecule has 170 valence electrons. The maximum Gasteiger partial charge on any atom is 0.335 e. The van der Waals surface area contributed by atoms with Crippen LogP contribution in [0.5, 0.6) is 0 Å². The van der Waals surface area contributed by atoms with Crippen LogP contribution in [0, 0.1) is 26.7 Å². The van der Waals surface area contributed by atoms with Crippen molar-refractivity contribution >= 4 is 11.7 Å². The van der Waals surface area contributed by atoms with Gasteiger partial charge in [0.25, 0.3) is 0 Å². The van der Waals surface area contributed by atoms with Gasteiger partial charge in [0.05, 0.1) is 17.3 Å². The third-order valence-electron chi connectivity index (χ3n) is 6.93. The van der Waals surface area contributed by atoms with Crippen molar-refractivity contribution in [3.8, 4) is 0 Å². The molecule has 1 aliphatic rings. The van der Waals surface area contributed by atoms with Gasteiger partial charge in [-0.15, -0.1) is 0 Å². The van der Waals surface area contributed by atoms with Gasteiger partial charge in [-0.3, -0.25) is 4.68 Å². The molecule has 1 unspecified atom stereocenters. The van der Waals surface area contributed by atoms with Crippen molar-refractivity contribution in [2.45, 2.75) is 65.3 Å². The molecule has 0 bridgehead atoms. The highest BCUT2D eigenvalue weighted by Crippen LogP contribution is 2.39. The number of carbonyl (C=O) groups is 1. The highest BCUT2D eigenvalue weighted by atomic mass is 16.4. The minimum atomic E-state index is -0.906. The number of benzene rings is 1. The third-order valence-corrected chi connectivity index (χ3v) is 6.93. The summed E-state index contributed by atoms with van der Waals surface area (Å²) in [7, 11) is 1.98. The van der Waals surface area contributed by atoms with Crippen molar-refractivity contribution < 1.29 is 14.3 Å². The molecule has 0 aliphatic heterocycles. The van der Waals surface area contributed by atoms with Crippen molar-refractivity contribution in [2.24, 2.45) is 13.0 Å². The number of nitrogens with one attached hydrogen (secondary N) is 1. The molecule has 32 heavy (non-hydrogen) atoms. The first-order valence-corrected chi connectivity index (χ1v) is 11.5. The summed E-state index contributed by atoms with van der Waals surface area (Å²) in [6.45, 7) is 6.19. The van der Waals surface area contributed by atoms with Crippen LogP contribution in [0.4, 0.5) is 5.69 Å². The Balaban J connectivity index is 1.62.